The van der Waals surface area contributed by atoms with Crippen LogP contribution in [0.3, 0.4) is 0 Å². The molecule has 3 nitrogen and oxygen atoms in total. The van der Waals surface area contributed by atoms with E-state index in [1.807, 2.05) is 6.26 Å². The third kappa shape index (κ3) is 3.78. The lowest BCUT2D eigenvalue weighted by Gasteiger charge is -2.39. The van der Waals surface area contributed by atoms with Crippen molar-refractivity contribution in [3.05, 3.63) is 0 Å². The molecule has 0 saturated carbocycles. The highest BCUT2D eigenvalue weighted by atomic mass is 32.2. The van der Waals surface area contributed by atoms with Crippen molar-refractivity contribution in [2.45, 2.75) is 37.5 Å². The summed E-state index contributed by atoms with van der Waals surface area (Å²) in [5.41, 5.74) is -2.62. The molecular weight excluding hydrogens is 267 g/mol. The molecule has 1 aliphatic heterocycles. The zero-order valence-electron chi connectivity index (χ0n) is 10.3. The predicted octanol–water partition coefficient (Wildman–Crippen LogP) is 2.05. The molecule has 1 amide bonds. The van der Waals surface area contributed by atoms with E-state index in [0.717, 1.165) is 12.2 Å². The Hall–Kier alpha value is -0.430. The summed E-state index contributed by atoms with van der Waals surface area (Å²) in [6, 6.07) is 0. The topological polar surface area (TPSA) is 40.5 Å². The number of hydrogen-bond acceptors (Lipinski definition) is 3. The number of alkyl halides is 3. The molecule has 1 heterocycles. The standard InChI is InChI=1S/C11H18F3NO2S/c1-18-8-2-3-9(16)15-6-4-10(17,5-7-15)11(12,13)14/h17H,2-8H2,1H3. The van der Waals surface area contributed by atoms with Crippen LogP contribution in [0.1, 0.15) is 25.7 Å². The van der Waals surface area contributed by atoms with Crippen molar-refractivity contribution in [3.63, 3.8) is 0 Å². The van der Waals surface area contributed by atoms with E-state index in [-0.39, 0.29) is 19.0 Å². The number of amides is 1. The fourth-order valence-electron chi connectivity index (χ4n) is 1.94. The Labute approximate surface area is 109 Å². The Morgan fingerprint density at radius 2 is 1.94 bits per heavy atom. The molecule has 0 aromatic heterocycles. The summed E-state index contributed by atoms with van der Waals surface area (Å²) >= 11 is 1.63. The Balaban J connectivity index is 2.42. The van der Waals surface area contributed by atoms with Gasteiger partial charge in [0.15, 0.2) is 5.60 Å². The van der Waals surface area contributed by atoms with E-state index >= 15 is 0 Å². The molecule has 1 rings (SSSR count). The van der Waals surface area contributed by atoms with Crippen molar-refractivity contribution in [1.82, 2.24) is 4.90 Å². The summed E-state index contributed by atoms with van der Waals surface area (Å²) in [4.78, 5) is 13.1. The number of likely N-dealkylation sites (tertiary alicyclic amines) is 1. The highest BCUT2D eigenvalue weighted by Crippen LogP contribution is 2.38. The molecule has 0 unspecified atom stereocenters. The molecule has 7 heteroatoms. The van der Waals surface area contributed by atoms with E-state index in [1.54, 1.807) is 11.8 Å². The van der Waals surface area contributed by atoms with Crippen LogP contribution < -0.4 is 0 Å². The van der Waals surface area contributed by atoms with Crippen molar-refractivity contribution in [1.29, 1.82) is 0 Å². The van der Waals surface area contributed by atoms with E-state index in [1.165, 1.54) is 4.90 Å². The predicted molar refractivity (Wildman–Crippen MR) is 64.4 cm³/mol. The third-order valence-electron chi connectivity index (χ3n) is 3.21. The maximum atomic E-state index is 12.5. The van der Waals surface area contributed by atoms with Gasteiger partial charge in [0.1, 0.15) is 0 Å². The minimum absolute atomic E-state index is 0.0197. The lowest BCUT2D eigenvalue weighted by atomic mass is 9.90. The number of carbonyl (C=O) groups is 1. The van der Waals surface area contributed by atoms with E-state index in [9.17, 15) is 23.1 Å². The Morgan fingerprint density at radius 1 is 1.39 bits per heavy atom. The van der Waals surface area contributed by atoms with E-state index < -0.39 is 24.6 Å². The van der Waals surface area contributed by atoms with Crippen molar-refractivity contribution in [2.75, 3.05) is 25.1 Å². The van der Waals surface area contributed by atoms with Gasteiger partial charge in [-0.25, -0.2) is 0 Å². The molecule has 1 fully saturated rings. The average Bonchev–Trinajstić information content (AvgIpc) is 2.28. The summed E-state index contributed by atoms with van der Waals surface area (Å²) in [5, 5.41) is 9.46. The van der Waals surface area contributed by atoms with Gasteiger partial charge in [-0.2, -0.15) is 24.9 Å². The minimum Gasteiger partial charge on any atom is -0.380 e. The number of thioether (sulfide) groups is 1. The zero-order valence-corrected chi connectivity index (χ0v) is 11.1. The first-order valence-electron chi connectivity index (χ1n) is 5.86. The van der Waals surface area contributed by atoms with Crippen molar-refractivity contribution in [2.24, 2.45) is 0 Å². The molecule has 0 aromatic carbocycles. The second-order valence-corrected chi connectivity index (χ2v) is 5.49. The van der Waals surface area contributed by atoms with Crippen LogP contribution in [0.5, 0.6) is 0 Å². The van der Waals surface area contributed by atoms with Gasteiger partial charge in [-0.15, -0.1) is 0 Å². The van der Waals surface area contributed by atoms with Gasteiger partial charge in [-0.3, -0.25) is 4.79 Å². The van der Waals surface area contributed by atoms with Crippen molar-refractivity contribution < 1.29 is 23.1 Å². The maximum Gasteiger partial charge on any atom is 0.417 e. The van der Waals surface area contributed by atoms with Crippen LogP contribution in [0.2, 0.25) is 0 Å². The zero-order chi connectivity index (χ0) is 13.8. The van der Waals surface area contributed by atoms with Gasteiger partial charge in [0.25, 0.3) is 0 Å². The van der Waals surface area contributed by atoms with Gasteiger partial charge >= 0.3 is 6.18 Å². The molecule has 0 aromatic rings. The van der Waals surface area contributed by atoms with E-state index in [2.05, 4.69) is 0 Å². The van der Waals surface area contributed by atoms with Crippen LogP contribution in [0.15, 0.2) is 0 Å². The highest BCUT2D eigenvalue weighted by molar-refractivity contribution is 7.98. The van der Waals surface area contributed by atoms with Gasteiger partial charge in [-0.1, -0.05) is 0 Å². The van der Waals surface area contributed by atoms with Gasteiger partial charge in [-0.05, 0) is 18.4 Å². The summed E-state index contributed by atoms with van der Waals surface area (Å²) in [7, 11) is 0. The fourth-order valence-corrected chi connectivity index (χ4v) is 2.37. The first-order chi connectivity index (χ1) is 8.30. The van der Waals surface area contributed by atoms with Crippen molar-refractivity contribution in [3.8, 4) is 0 Å². The van der Waals surface area contributed by atoms with Crippen LogP contribution in [0.4, 0.5) is 13.2 Å². The largest absolute Gasteiger partial charge is 0.417 e. The second-order valence-electron chi connectivity index (χ2n) is 4.51. The molecule has 0 atom stereocenters. The smallest absolute Gasteiger partial charge is 0.380 e. The minimum atomic E-state index is -4.61. The second kappa shape index (κ2) is 6.14. The number of rotatable bonds is 4. The maximum absolute atomic E-state index is 12.5. The Kier molecular flexibility index (Phi) is 5.33. The van der Waals surface area contributed by atoms with E-state index in [0.29, 0.717) is 6.42 Å². The molecule has 0 spiro atoms. The molecule has 0 radical (unpaired) electrons. The normalized spacial score (nSPS) is 19.9. The van der Waals surface area contributed by atoms with E-state index in [4.69, 9.17) is 0 Å². The lowest BCUT2D eigenvalue weighted by Crippen LogP contribution is -2.54. The first kappa shape index (κ1) is 15.6. The van der Waals surface area contributed by atoms with Crippen LogP contribution in [0.25, 0.3) is 0 Å². The molecule has 1 aliphatic rings. The fraction of sp³-hybridized carbons (Fsp3) is 0.909. The number of carbonyl (C=O) groups excluding carboxylic acids is 1. The summed E-state index contributed by atoms with van der Waals surface area (Å²) in [6.07, 6.45) is -2.42. The van der Waals surface area contributed by atoms with Crippen LogP contribution in [0, 0.1) is 0 Å². The highest BCUT2D eigenvalue weighted by Gasteiger charge is 2.54. The average molecular weight is 285 g/mol. The van der Waals surface area contributed by atoms with Gasteiger partial charge in [0, 0.05) is 32.4 Å². The quantitative estimate of drug-likeness (QED) is 0.804. The summed E-state index contributed by atoms with van der Waals surface area (Å²) in [5.74, 6) is 0.750. The molecule has 1 N–H and O–H groups in total. The molecule has 0 bridgehead atoms. The van der Waals surface area contributed by atoms with Crippen LogP contribution >= 0.6 is 11.8 Å². The number of halogens is 3. The Bertz CT molecular complexity index is 289. The van der Waals surface area contributed by atoms with Gasteiger partial charge in [0.05, 0.1) is 0 Å². The summed E-state index contributed by atoms with van der Waals surface area (Å²) < 4.78 is 37.6. The van der Waals surface area contributed by atoms with Crippen molar-refractivity contribution >= 4 is 17.7 Å². The first-order valence-corrected chi connectivity index (χ1v) is 7.25. The number of nitrogens with zero attached hydrogens (tertiary/aromatic N) is 1. The third-order valence-corrected chi connectivity index (χ3v) is 3.91. The van der Waals surface area contributed by atoms with Crippen LogP contribution in [-0.2, 0) is 4.79 Å². The molecule has 18 heavy (non-hydrogen) atoms. The molecular formula is C11H18F3NO2S. The Morgan fingerprint density at radius 3 is 2.39 bits per heavy atom. The molecule has 106 valence electrons. The molecule has 1 saturated heterocycles. The number of piperidine rings is 1. The monoisotopic (exact) mass is 285 g/mol. The number of aliphatic hydroxyl groups is 1. The van der Waals surface area contributed by atoms with Crippen LogP contribution in [-0.4, -0.2) is 52.8 Å². The summed E-state index contributed by atoms with van der Waals surface area (Å²) in [6.45, 7) is -0.0395. The lowest BCUT2D eigenvalue weighted by molar-refractivity contribution is -0.272. The van der Waals surface area contributed by atoms with Gasteiger partial charge in [0.2, 0.25) is 5.91 Å². The number of hydrogen-bond donors (Lipinski definition) is 1. The molecule has 0 aliphatic carbocycles. The van der Waals surface area contributed by atoms with Gasteiger partial charge < -0.3 is 10.0 Å². The SMILES string of the molecule is CSCCCC(=O)N1CCC(O)(C(F)(F)F)CC1.